The van der Waals surface area contributed by atoms with Gasteiger partial charge in [-0.05, 0) is 55.6 Å². The number of benzene rings is 2. The summed E-state index contributed by atoms with van der Waals surface area (Å²) in [5, 5.41) is 1.74. The molecular weight excluding hydrogens is 490 g/mol. The molecule has 2 atom stereocenters. The number of nitrogens with zero attached hydrogens (tertiary/aromatic N) is 4. The van der Waals surface area contributed by atoms with Gasteiger partial charge in [0.25, 0.3) is 0 Å². The van der Waals surface area contributed by atoms with Gasteiger partial charge in [-0.15, -0.1) is 0 Å². The Morgan fingerprint density at radius 1 is 1.03 bits per heavy atom. The fourth-order valence-electron chi connectivity index (χ4n) is 5.79. The van der Waals surface area contributed by atoms with Gasteiger partial charge in [-0.2, -0.15) is 5.06 Å². The summed E-state index contributed by atoms with van der Waals surface area (Å²) in [7, 11) is 4.33. The number of primary amides is 1. The maximum atomic E-state index is 11.9. The van der Waals surface area contributed by atoms with Crippen LogP contribution in [0, 0.1) is 5.92 Å². The Balaban J connectivity index is 1.59. The first-order valence-corrected chi connectivity index (χ1v) is 14.4. The molecule has 2 N–H and O–H groups in total. The van der Waals surface area contributed by atoms with Gasteiger partial charge >= 0.3 is 0 Å². The number of nitrogens with two attached hydrogens (primary N) is 1. The predicted octanol–water partition coefficient (Wildman–Crippen LogP) is 3.49. The first-order chi connectivity index (χ1) is 18.8. The van der Waals surface area contributed by atoms with Crippen LogP contribution in [0.1, 0.15) is 43.4 Å². The maximum absolute atomic E-state index is 11.9. The molecule has 1 amide bonds. The van der Waals surface area contributed by atoms with E-state index in [0.29, 0.717) is 31.5 Å². The molecule has 2 aromatic rings. The summed E-state index contributed by atoms with van der Waals surface area (Å²) in [6.45, 7) is 11.8. The van der Waals surface area contributed by atoms with Gasteiger partial charge in [0.2, 0.25) is 5.91 Å². The minimum Gasteiger partial charge on any atom is -0.378 e. The number of rotatable bonds is 13. The summed E-state index contributed by atoms with van der Waals surface area (Å²) in [5.74, 6) is 0.269. The van der Waals surface area contributed by atoms with Crippen LogP contribution in [0.15, 0.2) is 48.5 Å². The van der Waals surface area contributed by atoms with Gasteiger partial charge in [0.1, 0.15) is 6.04 Å². The van der Waals surface area contributed by atoms with E-state index in [1.165, 1.54) is 16.8 Å². The standard InChI is InChI=1S/C31H47N5O3/c1-24(2)18-28(23-33(3)4)35(22-27-10-5-6-11-29(27)34-13-16-38-17-14-34)20-25-8-7-9-26(19-25)21-36-30(31(32)37)12-15-39-36/h5-11,19,24,28,30H,12-18,20-23H2,1-4H3,(H2,32,37)/t28-,30+/m1/s1. The molecule has 8 heteroatoms. The lowest BCUT2D eigenvalue weighted by Gasteiger charge is -2.37. The van der Waals surface area contributed by atoms with Gasteiger partial charge in [-0.3, -0.25) is 14.5 Å². The number of hydrogen-bond acceptors (Lipinski definition) is 7. The molecule has 0 radical (unpaired) electrons. The number of para-hydroxylation sites is 1. The van der Waals surface area contributed by atoms with Crippen LogP contribution in [-0.2, 0) is 34.0 Å². The van der Waals surface area contributed by atoms with E-state index in [-0.39, 0.29) is 11.9 Å². The van der Waals surface area contributed by atoms with Crippen LogP contribution >= 0.6 is 0 Å². The minimum absolute atomic E-state index is 0.325. The van der Waals surface area contributed by atoms with Crippen molar-refractivity contribution in [2.45, 2.75) is 58.4 Å². The number of amides is 1. The van der Waals surface area contributed by atoms with E-state index in [1.807, 2.05) is 0 Å². The summed E-state index contributed by atoms with van der Waals surface area (Å²) < 4.78 is 5.63. The lowest BCUT2D eigenvalue weighted by Crippen LogP contribution is -2.43. The molecule has 8 nitrogen and oxygen atoms in total. The quantitative estimate of drug-likeness (QED) is 0.419. The zero-order chi connectivity index (χ0) is 27.8. The Morgan fingerprint density at radius 2 is 1.77 bits per heavy atom. The van der Waals surface area contributed by atoms with Gasteiger partial charge in [-0.1, -0.05) is 56.3 Å². The number of hydrogen-bond donors (Lipinski definition) is 1. The van der Waals surface area contributed by atoms with Crippen LogP contribution in [0.5, 0.6) is 0 Å². The number of carbonyl (C=O) groups excluding carboxylic acids is 1. The van der Waals surface area contributed by atoms with Crippen molar-refractivity contribution in [2.24, 2.45) is 11.7 Å². The van der Waals surface area contributed by atoms with Crippen LogP contribution in [0.25, 0.3) is 0 Å². The molecule has 2 aliphatic rings. The van der Waals surface area contributed by atoms with E-state index in [4.69, 9.17) is 15.3 Å². The molecule has 0 spiro atoms. The fourth-order valence-corrected chi connectivity index (χ4v) is 5.79. The van der Waals surface area contributed by atoms with Gasteiger partial charge in [-0.25, -0.2) is 0 Å². The first-order valence-electron chi connectivity index (χ1n) is 14.4. The molecule has 2 saturated heterocycles. The predicted molar refractivity (Wildman–Crippen MR) is 156 cm³/mol. The number of carbonyl (C=O) groups is 1. The third-order valence-electron chi connectivity index (χ3n) is 7.59. The molecule has 39 heavy (non-hydrogen) atoms. The highest BCUT2D eigenvalue weighted by molar-refractivity contribution is 5.79. The Bertz CT molecular complexity index is 1050. The lowest BCUT2D eigenvalue weighted by atomic mass is 9.99. The van der Waals surface area contributed by atoms with Crippen LogP contribution < -0.4 is 10.6 Å². The van der Waals surface area contributed by atoms with Crippen molar-refractivity contribution < 1.29 is 14.4 Å². The number of anilines is 1. The third kappa shape index (κ3) is 8.50. The van der Waals surface area contributed by atoms with Crippen LogP contribution in [0.2, 0.25) is 0 Å². The molecule has 0 aromatic heterocycles. The zero-order valence-corrected chi connectivity index (χ0v) is 24.2. The van der Waals surface area contributed by atoms with Crippen molar-refractivity contribution in [2.75, 3.05) is 58.5 Å². The van der Waals surface area contributed by atoms with Crippen LogP contribution in [-0.4, -0.2) is 86.4 Å². The highest BCUT2D eigenvalue weighted by atomic mass is 16.7. The highest BCUT2D eigenvalue weighted by Crippen LogP contribution is 2.27. The Hall–Kier alpha value is -2.49. The van der Waals surface area contributed by atoms with Crippen molar-refractivity contribution in [1.29, 1.82) is 0 Å². The number of hydroxylamine groups is 2. The van der Waals surface area contributed by atoms with Crippen molar-refractivity contribution in [3.8, 4) is 0 Å². The average molecular weight is 538 g/mol. The van der Waals surface area contributed by atoms with E-state index < -0.39 is 0 Å². The number of morpholine rings is 1. The number of ether oxygens (including phenoxy) is 1. The molecular formula is C31H47N5O3. The summed E-state index contributed by atoms with van der Waals surface area (Å²) in [4.78, 5) is 25.0. The Labute approximate surface area is 234 Å². The summed E-state index contributed by atoms with van der Waals surface area (Å²) in [6.07, 6.45) is 1.77. The second-order valence-electron chi connectivity index (χ2n) is 11.6. The van der Waals surface area contributed by atoms with Crippen LogP contribution in [0.4, 0.5) is 5.69 Å². The highest BCUT2D eigenvalue weighted by Gasteiger charge is 2.30. The second-order valence-corrected chi connectivity index (χ2v) is 11.6. The topological polar surface area (TPSA) is 74.5 Å². The van der Waals surface area contributed by atoms with E-state index in [1.54, 1.807) is 5.06 Å². The van der Waals surface area contributed by atoms with Crippen molar-refractivity contribution in [3.05, 3.63) is 65.2 Å². The normalized spacial score (nSPS) is 19.4. The fraction of sp³-hybridized carbons (Fsp3) is 0.581. The minimum atomic E-state index is -0.364. The number of likely N-dealkylation sites (N-methyl/N-ethyl adjacent to an activating group) is 1. The zero-order valence-electron chi connectivity index (χ0n) is 24.2. The lowest BCUT2D eigenvalue weighted by molar-refractivity contribution is -0.154. The molecule has 4 rings (SSSR count). The van der Waals surface area contributed by atoms with Crippen molar-refractivity contribution in [1.82, 2.24) is 14.9 Å². The smallest absolute Gasteiger partial charge is 0.237 e. The van der Waals surface area contributed by atoms with Gasteiger partial charge in [0.15, 0.2) is 0 Å². The monoisotopic (exact) mass is 537 g/mol. The average Bonchev–Trinajstić information content (AvgIpc) is 3.37. The van der Waals surface area contributed by atoms with Crippen molar-refractivity contribution >= 4 is 11.6 Å². The van der Waals surface area contributed by atoms with Gasteiger partial charge < -0.3 is 20.3 Å². The molecule has 214 valence electrons. The van der Waals surface area contributed by atoms with Gasteiger partial charge in [0.05, 0.1) is 19.8 Å². The molecule has 0 bridgehead atoms. The third-order valence-corrected chi connectivity index (χ3v) is 7.59. The van der Waals surface area contributed by atoms with E-state index in [2.05, 4.69) is 91.2 Å². The molecule has 2 fully saturated rings. The second kappa shape index (κ2) is 14.2. The summed E-state index contributed by atoms with van der Waals surface area (Å²) in [6, 6.07) is 17.6. The molecule has 2 aromatic carbocycles. The molecule has 2 heterocycles. The molecule has 0 aliphatic carbocycles. The van der Waals surface area contributed by atoms with Crippen LogP contribution in [0.3, 0.4) is 0 Å². The Morgan fingerprint density at radius 3 is 2.49 bits per heavy atom. The first kappa shape index (κ1) is 29.5. The SMILES string of the molecule is CC(C)C[C@H](CN(C)C)N(Cc1cccc(CN2OCC[C@H]2C(N)=O)c1)Cc1ccccc1N1CCOCC1. The maximum Gasteiger partial charge on any atom is 0.237 e. The van der Waals surface area contributed by atoms with Crippen molar-refractivity contribution in [3.63, 3.8) is 0 Å². The summed E-state index contributed by atoms with van der Waals surface area (Å²) in [5.41, 5.74) is 10.7. The molecule has 2 aliphatic heterocycles. The summed E-state index contributed by atoms with van der Waals surface area (Å²) >= 11 is 0. The molecule has 0 unspecified atom stereocenters. The molecule has 0 saturated carbocycles. The van der Waals surface area contributed by atoms with E-state index in [0.717, 1.165) is 57.9 Å². The largest absolute Gasteiger partial charge is 0.378 e. The van der Waals surface area contributed by atoms with E-state index >= 15 is 0 Å². The van der Waals surface area contributed by atoms with Gasteiger partial charge in [0, 0.05) is 51.0 Å². The van der Waals surface area contributed by atoms with E-state index in [9.17, 15) is 4.79 Å². The Kier molecular flexibility index (Phi) is 10.8.